The number of esters is 1. The third kappa shape index (κ3) is 3.77. The van der Waals surface area contributed by atoms with Gasteiger partial charge in [0, 0.05) is 29.9 Å². The van der Waals surface area contributed by atoms with E-state index in [2.05, 4.69) is 9.97 Å². The molecule has 2 heterocycles. The van der Waals surface area contributed by atoms with E-state index in [1.54, 1.807) is 24.3 Å². The Morgan fingerprint density at radius 1 is 1.31 bits per heavy atom. The second kappa shape index (κ2) is 7.70. The number of halogens is 1. The van der Waals surface area contributed by atoms with Crippen LogP contribution in [0.1, 0.15) is 23.2 Å². The van der Waals surface area contributed by atoms with Crippen LogP contribution in [0.3, 0.4) is 0 Å². The highest BCUT2D eigenvalue weighted by molar-refractivity contribution is 6.30. The number of amides is 1. The Balaban J connectivity index is 1.81. The van der Waals surface area contributed by atoms with Gasteiger partial charge in [-0.05, 0) is 37.1 Å². The molecule has 26 heavy (non-hydrogen) atoms. The van der Waals surface area contributed by atoms with Crippen LogP contribution in [0.25, 0.3) is 11.4 Å². The van der Waals surface area contributed by atoms with Crippen molar-refractivity contribution in [3.05, 3.63) is 51.4 Å². The largest absolute Gasteiger partial charge is 0.469 e. The van der Waals surface area contributed by atoms with Gasteiger partial charge in [-0.2, -0.15) is 0 Å². The summed E-state index contributed by atoms with van der Waals surface area (Å²) in [5.41, 5.74) is 0.123. The second-order valence-corrected chi connectivity index (χ2v) is 6.53. The zero-order valence-corrected chi connectivity index (χ0v) is 15.0. The van der Waals surface area contributed by atoms with E-state index in [4.69, 9.17) is 16.3 Å². The number of hydrogen-bond acceptors (Lipinski definition) is 5. The van der Waals surface area contributed by atoms with E-state index < -0.39 is 11.5 Å². The van der Waals surface area contributed by atoms with Crippen molar-refractivity contribution in [2.75, 3.05) is 20.2 Å². The molecule has 7 nitrogen and oxygen atoms in total. The average Bonchev–Trinajstić information content (AvgIpc) is 2.67. The van der Waals surface area contributed by atoms with Crippen LogP contribution in [0, 0.1) is 5.92 Å². The molecule has 1 aromatic heterocycles. The molecule has 0 bridgehead atoms. The van der Waals surface area contributed by atoms with Gasteiger partial charge in [-0.15, -0.1) is 0 Å². The highest BCUT2D eigenvalue weighted by Crippen LogP contribution is 2.20. The first-order valence-electron chi connectivity index (χ1n) is 8.22. The molecule has 3 rings (SSSR count). The Bertz CT molecular complexity index is 879. The fourth-order valence-electron chi connectivity index (χ4n) is 2.99. The molecule has 0 spiro atoms. The van der Waals surface area contributed by atoms with E-state index in [0.717, 1.165) is 0 Å². The minimum Gasteiger partial charge on any atom is -0.469 e. The van der Waals surface area contributed by atoms with Gasteiger partial charge in [-0.3, -0.25) is 14.4 Å². The smallest absolute Gasteiger partial charge is 0.310 e. The van der Waals surface area contributed by atoms with Crippen LogP contribution in [0.5, 0.6) is 0 Å². The number of hydrogen-bond donors (Lipinski definition) is 1. The number of aromatic amines is 1. The molecule has 0 radical (unpaired) electrons. The van der Waals surface area contributed by atoms with Crippen molar-refractivity contribution in [1.82, 2.24) is 14.9 Å². The minimum atomic E-state index is -0.518. The molecule has 0 saturated carbocycles. The molecule has 1 aliphatic rings. The summed E-state index contributed by atoms with van der Waals surface area (Å²) in [6.07, 6.45) is 2.62. The Kier molecular flexibility index (Phi) is 5.37. The number of rotatable bonds is 3. The molecule has 0 aliphatic carbocycles. The number of carbonyl (C=O) groups is 2. The maximum atomic E-state index is 12.7. The molecule has 1 atom stereocenters. The number of carbonyl (C=O) groups excluding carboxylic acids is 2. The number of piperidine rings is 1. The zero-order valence-electron chi connectivity index (χ0n) is 14.2. The summed E-state index contributed by atoms with van der Waals surface area (Å²) in [5.74, 6) is -0.782. The van der Waals surface area contributed by atoms with Crippen molar-refractivity contribution in [2.24, 2.45) is 5.92 Å². The summed E-state index contributed by atoms with van der Waals surface area (Å²) in [6, 6.07) is 6.84. The second-order valence-electron chi connectivity index (χ2n) is 6.09. The number of likely N-dealkylation sites (tertiary alicyclic amines) is 1. The summed E-state index contributed by atoms with van der Waals surface area (Å²) >= 11 is 5.85. The first kappa shape index (κ1) is 18.1. The van der Waals surface area contributed by atoms with Crippen LogP contribution >= 0.6 is 11.6 Å². The maximum absolute atomic E-state index is 12.7. The lowest BCUT2D eigenvalue weighted by molar-refractivity contribution is -0.146. The molecular formula is C18H18ClN3O4. The number of nitrogens with zero attached hydrogens (tertiary/aromatic N) is 2. The zero-order chi connectivity index (χ0) is 18.7. The van der Waals surface area contributed by atoms with Crippen molar-refractivity contribution in [1.29, 1.82) is 0 Å². The lowest BCUT2D eigenvalue weighted by Crippen LogP contribution is -2.44. The maximum Gasteiger partial charge on any atom is 0.310 e. The third-order valence-corrected chi connectivity index (χ3v) is 4.64. The summed E-state index contributed by atoms with van der Waals surface area (Å²) in [4.78, 5) is 45.1. The summed E-state index contributed by atoms with van der Waals surface area (Å²) in [7, 11) is 1.33. The van der Waals surface area contributed by atoms with Crippen LogP contribution < -0.4 is 5.56 Å². The fraction of sp³-hybridized carbons (Fsp3) is 0.333. The minimum absolute atomic E-state index is 0.0479. The van der Waals surface area contributed by atoms with Gasteiger partial charge >= 0.3 is 5.97 Å². The van der Waals surface area contributed by atoms with E-state index in [1.807, 2.05) is 0 Å². The molecule has 1 aromatic carbocycles. The Labute approximate surface area is 155 Å². The van der Waals surface area contributed by atoms with Crippen LogP contribution in [-0.4, -0.2) is 46.9 Å². The number of ether oxygens (including phenoxy) is 1. The van der Waals surface area contributed by atoms with Crippen LogP contribution in [0.2, 0.25) is 5.02 Å². The van der Waals surface area contributed by atoms with Crippen molar-refractivity contribution in [3.63, 3.8) is 0 Å². The number of methoxy groups -OCH3 is 1. The SMILES string of the molecule is COC(=O)C1CCCN(C(=O)c2cnc(-c3ccc(Cl)cc3)[nH]c2=O)C1. The van der Waals surface area contributed by atoms with Crippen molar-refractivity contribution >= 4 is 23.5 Å². The number of nitrogens with one attached hydrogen (secondary N) is 1. The van der Waals surface area contributed by atoms with E-state index in [1.165, 1.54) is 18.2 Å². The number of aromatic nitrogens is 2. The predicted molar refractivity (Wildman–Crippen MR) is 95.9 cm³/mol. The molecular weight excluding hydrogens is 358 g/mol. The summed E-state index contributed by atoms with van der Waals surface area (Å²) in [5, 5.41) is 0.577. The monoisotopic (exact) mass is 375 g/mol. The predicted octanol–water partition coefficient (Wildman–Crippen LogP) is 2.12. The Morgan fingerprint density at radius 2 is 2.04 bits per heavy atom. The number of H-pyrrole nitrogens is 1. The normalized spacial score (nSPS) is 17.0. The first-order valence-corrected chi connectivity index (χ1v) is 8.59. The van der Waals surface area contributed by atoms with E-state index in [9.17, 15) is 14.4 Å². The van der Waals surface area contributed by atoms with E-state index in [-0.39, 0.29) is 24.0 Å². The molecule has 8 heteroatoms. The lowest BCUT2D eigenvalue weighted by atomic mass is 9.98. The highest BCUT2D eigenvalue weighted by atomic mass is 35.5. The average molecular weight is 376 g/mol. The Morgan fingerprint density at radius 3 is 2.69 bits per heavy atom. The topological polar surface area (TPSA) is 92.4 Å². The molecule has 1 unspecified atom stereocenters. The van der Waals surface area contributed by atoms with Crippen molar-refractivity contribution < 1.29 is 14.3 Å². The van der Waals surface area contributed by atoms with Crippen LogP contribution in [0.15, 0.2) is 35.3 Å². The molecule has 136 valence electrons. The molecule has 1 aliphatic heterocycles. The van der Waals surface area contributed by atoms with Gasteiger partial charge in [-0.25, -0.2) is 4.98 Å². The van der Waals surface area contributed by atoms with Gasteiger partial charge in [-0.1, -0.05) is 11.6 Å². The molecule has 1 fully saturated rings. The van der Waals surface area contributed by atoms with Gasteiger partial charge < -0.3 is 14.6 Å². The standard InChI is InChI=1S/C18H18ClN3O4/c1-26-18(25)12-3-2-8-22(10-12)17(24)14-9-20-15(21-16(14)23)11-4-6-13(19)7-5-11/h4-7,9,12H,2-3,8,10H2,1H3,(H,20,21,23). The Hall–Kier alpha value is -2.67. The van der Waals surface area contributed by atoms with Crippen molar-refractivity contribution in [2.45, 2.75) is 12.8 Å². The number of benzene rings is 1. The molecule has 1 saturated heterocycles. The highest BCUT2D eigenvalue weighted by Gasteiger charge is 2.30. The summed E-state index contributed by atoms with van der Waals surface area (Å²) in [6.45, 7) is 0.731. The van der Waals surface area contributed by atoms with Crippen molar-refractivity contribution in [3.8, 4) is 11.4 Å². The van der Waals surface area contributed by atoms with Gasteiger partial charge in [0.05, 0.1) is 13.0 Å². The summed E-state index contributed by atoms with van der Waals surface area (Å²) < 4.78 is 4.75. The molecule has 1 amide bonds. The van der Waals surface area contributed by atoms with Crippen LogP contribution in [-0.2, 0) is 9.53 Å². The van der Waals surface area contributed by atoms with Crippen LogP contribution in [0.4, 0.5) is 0 Å². The lowest BCUT2D eigenvalue weighted by Gasteiger charge is -2.31. The van der Waals surface area contributed by atoms with Gasteiger partial charge in [0.15, 0.2) is 0 Å². The van der Waals surface area contributed by atoms with Gasteiger partial charge in [0.25, 0.3) is 11.5 Å². The fourth-order valence-corrected chi connectivity index (χ4v) is 3.12. The quantitative estimate of drug-likeness (QED) is 0.829. The molecule has 2 aromatic rings. The molecule has 1 N–H and O–H groups in total. The third-order valence-electron chi connectivity index (χ3n) is 4.39. The van der Waals surface area contributed by atoms with E-state index >= 15 is 0 Å². The van der Waals surface area contributed by atoms with E-state index in [0.29, 0.717) is 35.8 Å². The van der Waals surface area contributed by atoms with Gasteiger partial charge in [0.2, 0.25) is 0 Å². The first-order chi connectivity index (χ1) is 12.5. The van der Waals surface area contributed by atoms with Gasteiger partial charge in [0.1, 0.15) is 11.4 Å².